The van der Waals surface area contributed by atoms with E-state index in [0.29, 0.717) is 19.6 Å². The molecule has 76 valence electrons. The highest BCUT2D eigenvalue weighted by Crippen LogP contribution is 2.30. The van der Waals surface area contributed by atoms with Gasteiger partial charge in [0.15, 0.2) is 11.4 Å². The molecule has 0 spiro atoms. The largest absolute Gasteiger partial charge is 0.375 e. The minimum Gasteiger partial charge on any atom is -0.375 e. The molecule has 0 radical (unpaired) electrons. The first-order valence-corrected chi connectivity index (χ1v) is 4.90. The first kappa shape index (κ1) is 10.7. The lowest BCUT2D eigenvalue weighted by molar-refractivity contribution is -0.149. The van der Waals surface area contributed by atoms with Gasteiger partial charge in [-0.25, -0.2) is 0 Å². The van der Waals surface area contributed by atoms with Gasteiger partial charge in [0.2, 0.25) is 0 Å². The Hall–Kier alpha value is -0.410. The third-order valence-electron chi connectivity index (χ3n) is 2.66. The van der Waals surface area contributed by atoms with Gasteiger partial charge in [-0.1, -0.05) is 6.92 Å². The van der Waals surface area contributed by atoms with Gasteiger partial charge in [0.05, 0.1) is 12.7 Å². The topological polar surface area (TPSA) is 35.5 Å². The number of ether oxygens (including phenoxy) is 2. The van der Waals surface area contributed by atoms with Crippen LogP contribution in [0.4, 0.5) is 0 Å². The summed E-state index contributed by atoms with van der Waals surface area (Å²) in [7, 11) is 0. The second-order valence-electron chi connectivity index (χ2n) is 3.56. The van der Waals surface area contributed by atoms with E-state index in [1.165, 1.54) is 0 Å². The number of rotatable bonds is 4. The molecule has 0 saturated carbocycles. The monoisotopic (exact) mass is 186 g/mol. The highest BCUT2D eigenvalue weighted by Gasteiger charge is 2.46. The summed E-state index contributed by atoms with van der Waals surface area (Å²) in [6.07, 6.45) is 1.53. The minimum absolute atomic E-state index is 0.0888. The van der Waals surface area contributed by atoms with Crippen LogP contribution in [-0.4, -0.2) is 30.7 Å². The van der Waals surface area contributed by atoms with Gasteiger partial charge in [-0.05, 0) is 20.3 Å². The summed E-state index contributed by atoms with van der Waals surface area (Å²) in [6.45, 7) is 6.79. The zero-order chi connectivity index (χ0) is 9.90. The standard InChI is InChI=1S/C10H18O3/c1-4-6-13-10(8(2)11)5-7-12-9(10)3/h9H,4-7H2,1-3H3. The van der Waals surface area contributed by atoms with Crippen LogP contribution >= 0.6 is 0 Å². The van der Waals surface area contributed by atoms with Crippen LogP contribution in [0.2, 0.25) is 0 Å². The summed E-state index contributed by atoms with van der Waals surface area (Å²) in [6, 6.07) is 0. The number of ketones is 1. The highest BCUT2D eigenvalue weighted by molar-refractivity contribution is 5.86. The average Bonchev–Trinajstić information content (AvgIpc) is 2.45. The smallest absolute Gasteiger partial charge is 0.164 e. The molecular formula is C10H18O3. The van der Waals surface area contributed by atoms with E-state index >= 15 is 0 Å². The van der Waals surface area contributed by atoms with Crippen molar-refractivity contribution in [1.82, 2.24) is 0 Å². The Morgan fingerprint density at radius 2 is 2.38 bits per heavy atom. The Bertz CT molecular complexity index is 191. The lowest BCUT2D eigenvalue weighted by atomic mass is 9.92. The van der Waals surface area contributed by atoms with E-state index in [2.05, 4.69) is 0 Å². The summed E-state index contributed by atoms with van der Waals surface area (Å²) < 4.78 is 11.0. The maximum Gasteiger partial charge on any atom is 0.164 e. The normalized spacial score (nSPS) is 33.6. The van der Waals surface area contributed by atoms with Gasteiger partial charge >= 0.3 is 0 Å². The fraction of sp³-hybridized carbons (Fsp3) is 0.900. The van der Waals surface area contributed by atoms with Gasteiger partial charge in [0.25, 0.3) is 0 Å². The maximum absolute atomic E-state index is 11.5. The maximum atomic E-state index is 11.5. The molecule has 1 aliphatic heterocycles. The number of Topliss-reactive ketones (excluding diaryl/α,β-unsaturated/α-hetero) is 1. The SMILES string of the molecule is CCCOC1(C(C)=O)CCOC1C. The van der Waals surface area contributed by atoms with Crippen molar-refractivity contribution in [2.24, 2.45) is 0 Å². The van der Waals surface area contributed by atoms with Gasteiger partial charge < -0.3 is 9.47 Å². The fourth-order valence-electron chi connectivity index (χ4n) is 1.76. The third-order valence-corrected chi connectivity index (χ3v) is 2.66. The Kier molecular flexibility index (Phi) is 3.45. The fourth-order valence-corrected chi connectivity index (χ4v) is 1.76. The molecule has 1 saturated heterocycles. The molecule has 1 heterocycles. The van der Waals surface area contributed by atoms with Gasteiger partial charge in [0.1, 0.15) is 0 Å². The zero-order valence-corrected chi connectivity index (χ0v) is 8.63. The molecule has 1 aliphatic rings. The first-order valence-electron chi connectivity index (χ1n) is 4.90. The van der Waals surface area contributed by atoms with Crippen LogP contribution in [0, 0.1) is 0 Å². The van der Waals surface area contributed by atoms with Crippen LogP contribution in [0.3, 0.4) is 0 Å². The Morgan fingerprint density at radius 1 is 1.69 bits per heavy atom. The second-order valence-corrected chi connectivity index (χ2v) is 3.56. The van der Waals surface area contributed by atoms with Crippen molar-refractivity contribution in [1.29, 1.82) is 0 Å². The van der Waals surface area contributed by atoms with E-state index in [0.717, 1.165) is 6.42 Å². The van der Waals surface area contributed by atoms with E-state index < -0.39 is 5.60 Å². The molecule has 2 unspecified atom stereocenters. The van der Waals surface area contributed by atoms with E-state index in [-0.39, 0.29) is 11.9 Å². The molecule has 3 nitrogen and oxygen atoms in total. The molecule has 0 amide bonds. The Balaban J connectivity index is 2.68. The van der Waals surface area contributed by atoms with Crippen molar-refractivity contribution in [3.63, 3.8) is 0 Å². The van der Waals surface area contributed by atoms with E-state index in [1.807, 2.05) is 13.8 Å². The molecule has 0 N–H and O–H groups in total. The van der Waals surface area contributed by atoms with E-state index in [9.17, 15) is 4.79 Å². The van der Waals surface area contributed by atoms with Crippen molar-refractivity contribution in [3.8, 4) is 0 Å². The van der Waals surface area contributed by atoms with Crippen LogP contribution in [0.15, 0.2) is 0 Å². The molecule has 13 heavy (non-hydrogen) atoms. The minimum atomic E-state index is -0.657. The molecule has 0 aromatic carbocycles. The summed E-state index contributed by atoms with van der Waals surface area (Å²) in [5.74, 6) is 0.0888. The zero-order valence-electron chi connectivity index (χ0n) is 8.63. The van der Waals surface area contributed by atoms with Gasteiger partial charge in [-0.15, -0.1) is 0 Å². The first-order chi connectivity index (χ1) is 6.13. The van der Waals surface area contributed by atoms with Gasteiger partial charge in [-0.2, -0.15) is 0 Å². The average molecular weight is 186 g/mol. The van der Waals surface area contributed by atoms with E-state index in [1.54, 1.807) is 6.92 Å². The number of hydrogen-bond donors (Lipinski definition) is 0. The predicted molar refractivity (Wildman–Crippen MR) is 49.7 cm³/mol. The summed E-state index contributed by atoms with van der Waals surface area (Å²) in [5.41, 5.74) is -0.657. The lowest BCUT2D eigenvalue weighted by Gasteiger charge is -2.29. The number of carbonyl (C=O) groups excluding carboxylic acids is 1. The molecule has 0 bridgehead atoms. The molecule has 2 atom stereocenters. The number of hydrogen-bond acceptors (Lipinski definition) is 3. The second kappa shape index (κ2) is 4.20. The summed E-state index contributed by atoms with van der Waals surface area (Å²) >= 11 is 0. The van der Waals surface area contributed by atoms with Gasteiger partial charge in [0, 0.05) is 13.0 Å². The van der Waals surface area contributed by atoms with Crippen LogP contribution in [-0.2, 0) is 14.3 Å². The quantitative estimate of drug-likeness (QED) is 0.668. The summed E-state index contributed by atoms with van der Waals surface area (Å²) in [4.78, 5) is 11.5. The summed E-state index contributed by atoms with van der Waals surface area (Å²) in [5, 5.41) is 0. The van der Waals surface area contributed by atoms with Crippen LogP contribution < -0.4 is 0 Å². The molecule has 0 aliphatic carbocycles. The van der Waals surface area contributed by atoms with Gasteiger partial charge in [-0.3, -0.25) is 4.79 Å². The Morgan fingerprint density at radius 3 is 2.77 bits per heavy atom. The van der Waals surface area contributed by atoms with E-state index in [4.69, 9.17) is 9.47 Å². The third kappa shape index (κ3) is 1.92. The lowest BCUT2D eigenvalue weighted by Crippen LogP contribution is -2.46. The highest BCUT2D eigenvalue weighted by atomic mass is 16.6. The van der Waals surface area contributed by atoms with Crippen molar-refractivity contribution in [3.05, 3.63) is 0 Å². The molecule has 1 rings (SSSR count). The van der Waals surface area contributed by atoms with Crippen LogP contribution in [0.1, 0.15) is 33.6 Å². The van der Waals surface area contributed by atoms with Crippen molar-refractivity contribution in [2.75, 3.05) is 13.2 Å². The van der Waals surface area contributed by atoms with Crippen LogP contribution in [0.25, 0.3) is 0 Å². The molecule has 3 heteroatoms. The Labute approximate surface area is 79.4 Å². The van der Waals surface area contributed by atoms with Crippen molar-refractivity contribution in [2.45, 2.75) is 45.3 Å². The molecular weight excluding hydrogens is 168 g/mol. The van der Waals surface area contributed by atoms with Crippen LogP contribution in [0.5, 0.6) is 0 Å². The molecule has 0 aromatic heterocycles. The molecule has 0 aromatic rings. The molecule has 1 fully saturated rings. The van der Waals surface area contributed by atoms with Crippen molar-refractivity contribution < 1.29 is 14.3 Å². The van der Waals surface area contributed by atoms with Crippen molar-refractivity contribution >= 4 is 5.78 Å². The number of carbonyl (C=O) groups is 1. The predicted octanol–water partition coefficient (Wildman–Crippen LogP) is 1.55.